The summed E-state index contributed by atoms with van der Waals surface area (Å²) in [5, 5.41) is 12.9. The number of benzene rings is 1. The summed E-state index contributed by atoms with van der Waals surface area (Å²) in [6, 6.07) is 10.3. The Kier molecular flexibility index (Phi) is 5.05. The van der Waals surface area contributed by atoms with Crippen LogP contribution in [0.3, 0.4) is 0 Å². The van der Waals surface area contributed by atoms with Gasteiger partial charge in [-0.1, -0.05) is 17.8 Å². The Morgan fingerprint density at radius 1 is 1.38 bits per heavy atom. The largest absolute Gasteiger partial charge is 0.504 e. The predicted molar refractivity (Wildman–Crippen MR) is 82.8 cm³/mol. The number of hydrogen-bond acceptors (Lipinski definition) is 5. The summed E-state index contributed by atoms with van der Waals surface area (Å²) >= 11 is 1.37. The molecular formula is C15H16N2O3S. The number of phenolic OH excluding ortho intramolecular Hbond substituents is 1. The number of thioether (sulfide) groups is 1. The van der Waals surface area contributed by atoms with Gasteiger partial charge >= 0.3 is 0 Å². The van der Waals surface area contributed by atoms with Gasteiger partial charge in [-0.15, -0.1) is 0 Å². The van der Waals surface area contributed by atoms with E-state index in [0.29, 0.717) is 11.4 Å². The zero-order valence-electron chi connectivity index (χ0n) is 11.7. The number of carbonyl (C=O) groups excluding carboxylic acids is 1. The van der Waals surface area contributed by atoms with Gasteiger partial charge in [0.2, 0.25) is 5.91 Å². The molecule has 21 heavy (non-hydrogen) atoms. The summed E-state index contributed by atoms with van der Waals surface area (Å²) in [5.74, 6) is 0.194. The molecule has 0 unspecified atom stereocenters. The second-order valence-electron chi connectivity index (χ2n) is 4.30. The number of nitrogens with one attached hydrogen (secondary N) is 1. The molecule has 0 aliphatic carbocycles. The molecule has 1 heterocycles. The van der Waals surface area contributed by atoms with Crippen molar-refractivity contribution in [3.8, 4) is 11.5 Å². The Hall–Kier alpha value is -2.21. The standard InChI is InChI=1S/C15H16N2O3S/c1-10(21-14-5-3-4-8-16-14)15(19)17-11-6-7-13(20-2)12(18)9-11/h3-10,18H,1-2H3,(H,17,19)/t10-/m0/s1. The number of pyridine rings is 1. The van der Waals surface area contributed by atoms with Crippen LogP contribution < -0.4 is 10.1 Å². The molecule has 5 nitrogen and oxygen atoms in total. The van der Waals surface area contributed by atoms with E-state index in [0.717, 1.165) is 5.03 Å². The van der Waals surface area contributed by atoms with Gasteiger partial charge in [0.1, 0.15) is 0 Å². The van der Waals surface area contributed by atoms with Crippen LogP contribution >= 0.6 is 11.8 Å². The van der Waals surface area contributed by atoms with Gasteiger partial charge in [-0.05, 0) is 31.2 Å². The van der Waals surface area contributed by atoms with Gasteiger partial charge in [-0.3, -0.25) is 4.79 Å². The molecule has 2 rings (SSSR count). The van der Waals surface area contributed by atoms with Crippen LogP contribution in [0, 0.1) is 0 Å². The third-order valence-electron chi connectivity index (χ3n) is 2.75. The van der Waals surface area contributed by atoms with E-state index in [1.807, 2.05) is 18.2 Å². The lowest BCUT2D eigenvalue weighted by molar-refractivity contribution is -0.115. The molecule has 0 aliphatic heterocycles. The van der Waals surface area contributed by atoms with Crippen molar-refractivity contribution in [3.05, 3.63) is 42.6 Å². The van der Waals surface area contributed by atoms with Crippen molar-refractivity contribution in [2.45, 2.75) is 17.2 Å². The molecule has 1 aromatic heterocycles. The minimum atomic E-state index is -0.302. The monoisotopic (exact) mass is 304 g/mol. The maximum atomic E-state index is 12.1. The molecule has 0 saturated heterocycles. The van der Waals surface area contributed by atoms with Crippen molar-refractivity contribution in [1.82, 2.24) is 4.98 Å². The fraction of sp³-hybridized carbons (Fsp3) is 0.200. The topological polar surface area (TPSA) is 71.5 Å². The highest BCUT2D eigenvalue weighted by molar-refractivity contribution is 8.00. The van der Waals surface area contributed by atoms with Crippen molar-refractivity contribution >= 4 is 23.4 Å². The summed E-state index contributed by atoms with van der Waals surface area (Å²) < 4.78 is 4.96. The Balaban J connectivity index is 1.99. The number of aromatic hydroxyl groups is 1. The van der Waals surface area contributed by atoms with Crippen LogP contribution in [0.5, 0.6) is 11.5 Å². The first kappa shape index (κ1) is 15.2. The predicted octanol–water partition coefficient (Wildman–Crippen LogP) is 2.92. The summed E-state index contributed by atoms with van der Waals surface area (Å²) in [6.45, 7) is 1.80. The molecule has 0 fully saturated rings. The quantitative estimate of drug-likeness (QED) is 0.831. The van der Waals surface area contributed by atoms with Gasteiger partial charge < -0.3 is 15.2 Å². The number of carbonyl (C=O) groups is 1. The zero-order valence-corrected chi connectivity index (χ0v) is 12.6. The van der Waals surface area contributed by atoms with E-state index in [-0.39, 0.29) is 16.9 Å². The van der Waals surface area contributed by atoms with Crippen molar-refractivity contribution in [1.29, 1.82) is 0 Å². The fourth-order valence-electron chi connectivity index (χ4n) is 1.66. The third kappa shape index (κ3) is 4.13. The minimum absolute atomic E-state index is 0.0136. The molecule has 0 saturated carbocycles. The van der Waals surface area contributed by atoms with Gasteiger partial charge in [0, 0.05) is 18.0 Å². The van der Waals surface area contributed by atoms with Crippen LogP contribution in [0.2, 0.25) is 0 Å². The van der Waals surface area contributed by atoms with Crippen molar-refractivity contribution in [2.75, 3.05) is 12.4 Å². The summed E-state index contributed by atoms with van der Waals surface area (Å²) in [7, 11) is 1.47. The van der Waals surface area contributed by atoms with Crippen LogP contribution in [-0.4, -0.2) is 28.4 Å². The van der Waals surface area contributed by atoms with E-state index in [1.165, 1.54) is 24.9 Å². The number of amides is 1. The van der Waals surface area contributed by atoms with Gasteiger partial charge in [0.15, 0.2) is 11.5 Å². The first-order valence-corrected chi connectivity index (χ1v) is 7.23. The van der Waals surface area contributed by atoms with E-state index in [1.54, 1.807) is 25.3 Å². The van der Waals surface area contributed by atoms with Crippen molar-refractivity contribution in [3.63, 3.8) is 0 Å². The molecule has 0 radical (unpaired) electrons. The Labute approximate surface area is 127 Å². The zero-order chi connectivity index (χ0) is 15.2. The molecule has 0 bridgehead atoms. The maximum Gasteiger partial charge on any atom is 0.237 e. The van der Waals surface area contributed by atoms with E-state index >= 15 is 0 Å². The van der Waals surface area contributed by atoms with E-state index in [9.17, 15) is 9.90 Å². The minimum Gasteiger partial charge on any atom is -0.504 e. The highest BCUT2D eigenvalue weighted by Crippen LogP contribution is 2.29. The molecule has 110 valence electrons. The van der Waals surface area contributed by atoms with E-state index < -0.39 is 0 Å². The number of anilines is 1. The van der Waals surface area contributed by atoms with Crippen molar-refractivity contribution < 1.29 is 14.6 Å². The smallest absolute Gasteiger partial charge is 0.237 e. The lowest BCUT2D eigenvalue weighted by Crippen LogP contribution is -2.22. The molecule has 2 aromatic rings. The van der Waals surface area contributed by atoms with E-state index in [2.05, 4.69) is 10.3 Å². The second kappa shape index (κ2) is 6.99. The van der Waals surface area contributed by atoms with Crippen LogP contribution in [0.25, 0.3) is 0 Å². The highest BCUT2D eigenvalue weighted by atomic mass is 32.2. The first-order chi connectivity index (χ1) is 10.1. The van der Waals surface area contributed by atoms with Gasteiger partial charge in [-0.25, -0.2) is 4.98 Å². The highest BCUT2D eigenvalue weighted by Gasteiger charge is 2.15. The number of aromatic nitrogens is 1. The van der Waals surface area contributed by atoms with Gasteiger partial charge in [-0.2, -0.15) is 0 Å². The average Bonchev–Trinajstić information content (AvgIpc) is 2.48. The third-order valence-corrected chi connectivity index (χ3v) is 3.80. The molecule has 1 atom stereocenters. The van der Waals surface area contributed by atoms with Crippen LogP contribution in [0.1, 0.15) is 6.92 Å². The lowest BCUT2D eigenvalue weighted by Gasteiger charge is -2.12. The van der Waals surface area contributed by atoms with Crippen LogP contribution in [0.4, 0.5) is 5.69 Å². The molecule has 1 aromatic carbocycles. The normalized spacial score (nSPS) is 11.7. The summed E-state index contributed by atoms with van der Waals surface area (Å²) in [6.07, 6.45) is 1.69. The Morgan fingerprint density at radius 2 is 2.19 bits per heavy atom. The molecule has 1 amide bonds. The summed E-state index contributed by atoms with van der Waals surface area (Å²) in [5.41, 5.74) is 0.520. The van der Waals surface area contributed by atoms with Crippen LogP contribution in [-0.2, 0) is 4.79 Å². The molecular weight excluding hydrogens is 288 g/mol. The number of methoxy groups -OCH3 is 1. The second-order valence-corrected chi connectivity index (χ2v) is 5.67. The molecule has 0 spiro atoms. The number of rotatable bonds is 5. The maximum absolute atomic E-state index is 12.1. The van der Waals surface area contributed by atoms with E-state index in [4.69, 9.17) is 4.74 Å². The average molecular weight is 304 g/mol. The summed E-state index contributed by atoms with van der Waals surface area (Å²) in [4.78, 5) is 16.3. The number of nitrogens with zero attached hydrogens (tertiary/aromatic N) is 1. The van der Waals surface area contributed by atoms with Crippen LogP contribution in [0.15, 0.2) is 47.6 Å². The Morgan fingerprint density at radius 3 is 2.81 bits per heavy atom. The van der Waals surface area contributed by atoms with Gasteiger partial charge in [0.25, 0.3) is 0 Å². The first-order valence-electron chi connectivity index (χ1n) is 6.35. The molecule has 2 N–H and O–H groups in total. The number of ether oxygens (including phenoxy) is 1. The Bertz CT molecular complexity index is 620. The van der Waals surface area contributed by atoms with Crippen molar-refractivity contribution in [2.24, 2.45) is 0 Å². The molecule has 0 aliphatic rings. The fourth-order valence-corrected chi connectivity index (χ4v) is 2.47. The number of phenols is 1. The van der Waals surface area contributed by atoms with Gasteiger partial charge in [0.05, 0.1) is 17.4 Å². The lowest BCUT2D eigenvalue weighted by atomic mass is 10.2. The SMILES string of the molecule is COc1ccc(NC(=O)[C@H](C)Sc2ccccn2)cc1O. The molecule has 6 heteroatoms. The number of hydrogen-bond donors (Lipinski definition) is 2.